The number of carbonyl (C=O) groups is 2. The number of carboxylic acid groups (broad SMARTS) is 1. The van der Waals surface area contributed by atoms with E-state index in [1.165, 1.54) is 0 Å². The Labute approximate surface area is 101 Å². The molecule has 0 aromatic heterocycles. The number of ether oxygens (including phenoxy) is 2. The van der Waals surface area contributed by atoms with Crippen LogP contribution in [0.1, 0.15) is 26.2 Å². The van der Waals surface area contributed by atoms with Crippen molar-refractivity contribution in [2.45, 2.75) is 32.2 Å². The van der Waals surface area contributed by atoms with E-state index in [0.29, 0.717) is 19.6 Å². The van der Waals surface area contributed by atoms with Gasteiger partial charge in [-0.2, -0.15) is 0 Å². The van der Waals surface area contributed by atoms with Crippen molar-refractivity contribution < 1.29 is 24.2 Å². The Bertz CT molecular complexity index is 232. The Hall–Kier alpha value is -1.14. The van der Waals surface area contributed by atoms with Crippen molar-refractivity contribution >= 4 is 11.9 Å². The van der Waals surface area contributed by atoms with E-state index in [4.69, 9.17) is 14.6 Å². The fraction of sp³-hybridized carbons (Fsp3) is 0.818. The van der Waals surface area contributed by atoms with Crippen LogP contribution in [0.3, 0.4) is 0 Å². The van der Waals surface area contributed by atoms with Crippen LogP contribution in [0.25, 0.3) is 0 Å². The van der Waals surface area contributed by atoms with E-state index in [-0.39, 0.29) is 25.0 Å². The van der Waals surface area contributed by atoms with Gasteiger partial charge in [-0.3, -0.25) is 9.59 Å². The summed E-state index contributed by atoms with van der Waals surface area (Å²) in [7, 11) is 1.55. The molecule has 6 heteroatoms. The van der Waals surface area contributed by atoms with Crippen LogP contribution in [0.5, 0.6) is 0 Å². The zero-order chi connectivity index (χ0) is 13.1. The highest BCUT2D eigenvalue weighted by atomic mass is 16.5. The van der Waals surface area contributed by atoms with Gasteiger partial charge in [-0.1, -0.05) is 13.3 Å². The Kier molecular flexibility index (Phi) is 9.37. The number of hydrogen-bond donors (Lipinski definition) is 2. The van der Waals surface area contributed by atoms with Gasteiger partial charge in [-0.05, 0) is 6.42 Å². The predicted octanol–water partition coefficient (Wildman–Crippen LogP) is 0.409. The summed E-state index contributed by atoms with van der Waals surface area (Å²) in [5.74, 6) is -1.20. The molecule has 0 spiro atoms. The molecule has 1 atom stereocenters. The Balaban J connectivity index is 3.82. The highest BCUT2D eigenvalue weighted by Crippen LogP contribution is 2.01. The molecule has 2 N–H and O–H groups in total. The third-order valence-electron chi connectivity index (χ3n) is 2.09. The second kappa shape index (κ2) is 10.0. The second-order valence-corrected chi connectivity index (χ2v) is 3.70. The fourth-order valence-corrected chi connectivity index (χ4v) is 1.36. The van der Waals surface area contributed by atoms with Crippen molar-refractivity contribution in [3.8, 4) is 0 Å². The molecule has 100 valence electrons. The van der Waals surface area contributed by atoms with Gasteiger partial charge in [-0.25, -0.2) is 0 Å². The maximum atomic E-state index is 11.4. The zero-order valence-corrected chi connectivity index (χ0v) is 10.4. The SMILES string of the molecule is CCCC(CC(=O)O)NC(=O)COCCOC. The molecule has 0 bridgehead atoms. The lowest BCUT2D eigenvalue weighted by molar-refractivity contribution is -0.138. The van der Waals surface area contributed by atoms with E-state index in [1.807, 2.05) is 6.92 Å². The molecule has 0 rings (SSSR count). The standard InChI is InChI=1S/C11H21NO5/c1-3-4-9(7-11(14)15)12-10(13)8-17-6-5-16-2/h9H,3-8H2,1-2H3,(H,12,13)(H,14,15). The molecule has 17 heavy (non-hydrogen) atoms. The van der Waals surface area contributed by atoms with Crippen LogP contribution in [0.2, 0.25) is 0 Å². The molecule has 0 saturated carbocycles. The maximum Gasteiger partial charge on any atom is 0.305 e. The fourth-order valence-electron chi connectivity index (χ4n) is 1.36. The second-order valence-electron chi connectivity index (χ2n) is 3.70. The van der Waals surface area contributed by atoms with E-state index >= 15 is 0 Å². The lowest BCUT2D eigenvalue weighted by Gasteiger charge is -2.15. The molecule has 0 aliphatic carbocycles. The number of methoxy groups -OCH3 is 1. The van der Waals surface area contributed by atoms with Crippen LogP contribution in [0.4, 0.5) is 0 Å². The highest BCUT2D eigenvalue weighted by Gasteiger charge is 2.14. The summed E-state index contributed by atoms with van der Waals surface area (Å²) < 4.78 is 9.80. The van der Waals surface area contributed by atoms with Crippen LogP contribution in [0.15, 0.2) is 0 Å². The maximum absolute atomic E-state index is 11.4. The van der Waals surface area contributed by atoms with E-state index in [1.54, 1.807) is 7.11 Å². The molecular formula is C11H21NO5. The number of carboxylic acids is 1. The van der Waals surface area contributed by atoms with Crippen LogP contribution in [-0.4, -0.2) is 50.0 Å². The predicted molar refractivity (Wildman–Crippen MR) is 61.8 cm³/mol. The summed E-state index contributed by atoms with van der Waals surface area (Å²) in [6.07, 6.45) is 1.41. The van der Waals surface area contributed by atoms with Gasteiger partial charge in [-0.15, -0.1) is 0 Å². The topological polar surface area (TPSA) is 84.9 Å². The lowest BCUT2D eigenvalue weighted by atomic mass is 10.1. The van der Waals surface area contributed by atoms with Gasteiger partial charge in [0.1, 0.15) is 6.61 Å². The Morgan fingerprint density at radius 2 is 2.06 bits per heavy atom. The van der Waals surface area contributed by atoms with Crippen LogP contribution in [-0.2, 0) is 19.1 Å². The summed E-state index contributed by atoms with van der Waals surface area (Å²) in [6.45, 7) is 2.65. The number of carbonyl (C=O) groups excluding carboxylic acids is 1. The monoisotopic (exact) mass is 247 g/mol. The minimum absolute atomic E-state index is 0.0579. The van der Waals surface area contributed by atoms with E-state index in [2.05, 4.69) is 5.32 Å². The summed E-state index contributed by atoms with van der Waals surface area (Å²) in [6, 6.07) is -0.323. The average molecular weight is 247 g/mol. The third-order valence-corrected chi connectivity index (χ3v) is 2.09. The number of rotatable bonds is 10. The molecule has 0 aliphatic rings. The lowest BCUT2D eigenvalue weighted by Crippen LogP contribution is -2.38. The van der Waals surface area contributed by atoms with Crippen LogP contribution in [0, 0.1) is 0 Å². The van der Waals surface area contributed by atoms with Gasteiger partial charge in [0.2, 0.25) is 5.91 Å². The molecule has 0 aromatic rings. The molecule has 0 saturated heterocycles. The first-order valence-corrected chi connectivity index (χ1v) is 5.68. The van der Waals surface area contributed by atoms with Crippen molar-refractivity contribution in [1.29, 1.82) is 0 Å². The molecule has 6 nitrogen and oxygen atoms in total. The van der Waals surface area contributed by atoms with E-state index in [9.17, 15) is 9.59 Å². The first kappa shape index (κ1) is 15.9. The zero-order valence-electron chi connectivity index (χ0n) is 10.4. The number of aliphatic carboxylic acids is 1. The van der Waals surface area contributed by atoms with Crippen molar-refractivity contribution in [2.75, 3.05) is 26.9 Å². The summed E-state index contributed by atoms with van der Waals surface area (Å²) in [5, 5.41) is 11.3. The van der Waals surface area contributed by atoms with Gasteiger partial charge in [0, 0.05) is 13.2 Å². The van der Waals surface area contributed by atoms with Gasteiger partial charge < -0.3 is 19.9 Å². The molecule has 0 radical (unpaired) electrons. The summed E-state index contributed by atoms with van der Waals surface area (Å²) in [4.78, 5) is 22.0. The first-order valence-electron chi connectivity index (χ1n) is 5.68. The quantitative estimate of drug-likeness (QED) is 0.546. The molecule has 0 heterocycles. The normalized spacial score (nSPS) is 12.1. The number of nitrogens with one attached hydrogen (secondary N) is 1. The van der Waals surface area contributed by atoms with Crippen molar-refractivity contribution in [2.24, 2.45) is 0 Å². The van der Waals surface area contributed by atoms with Gasteiger partial charge in [0.25, 0.3) is 0 Å². The Morgan fingerprint density at radius 3 is 2.59 bits per heavy atom. The number of amides is 1. The molecule has 1 unspecified atom stereocenters. The molecule has 0 aliphatic heterocycles. The van der Waals surface area contributed by atoms with Crippen LogP contribution < -0.4 is 5.32 Å². The number of hydrogen-bond acceptors (Lipinski definition) is 4. The summed E-state index contributed by atoms with van der Waals surface area (Å²) in [5.41, 5.74) is 0. The first-order chi connectivity index (χ1) is 8.10. The summed E-state index contributed by atoms with van der Waals surface area (Å²) >= 11 is 0. The molecule has 0 fully saturated rings. The Morgan fingerprint density at radius 1 is 1.35 bits per heavy atom. The largest absolute Gasteiger partial charge is 0.481 e. The van der Waals surface area contributed by atoms with Crippen molar-refractivity contribution in [3.63, 3.8) is 0 Å². The minimum Gasteiger partial charge on any atom is -0.481 e. The molecular weight excluding hydrogens is 226 g/mol. The highest BCUT2D eigenvalue weighted by molar-refractivity contribution is 5.78. The van der Waals surface area contributed by atoms with Gasteiger partial charge >= 0.3 is 5.97 Å². The van der Waals surface area contributed by atoms with Crippen LogP contribution >= 0.6 is 0 Å². The van der Waals surface area contributed by atoms with Crippen molar-refractivity contribution in [3.05, 3.63) is 0 Å². The smallest absolute Gasteiger partial charge is 0.305 e. The van der Waals surface area contributed by atoms with Gasteiger partial charge in [0.15, 0.2) is 0 Å². The third kappa shape index (κ3) is 9.77. The van der Waals surface area contributed by atoms with Crippen molar-refractivity contribution in [1.82, 2.24) is 5.32 Å². The van der Waals surface area contributed by atoms with E-state index in [0.717, 1.165) is 6.42 Å². The molecule has 0 aromatic carbocycles. The van der Waals surface area contributed by atoms with Gasteiger partial charge in [0.05, 0.1) is 19.6 Å². The van der Waals surface area contributed by atoms with E-state index < -0.39 is 5.97 Å². The minimum atomic E-state index is -0.913. The molecule has 1 amide bonds. The average Bonchev–Trinajstić information content (AvgIpc) is 2.24.